The van der Waals surface area contributed by atoms with Gasteiger partial charge < -0.3 is 10.2 Å². The number of carbonyl (C=O) groups is 1. The van der Waals surface area contributed by atoms with E-state index in [0.717, 1.165) is 35.2 Å². The van der Waals surface area contributed by atoms with E-state index < -0.39 is 0 Å². The van der Waals surface area contributed by atoms with Gasteiger partial charge in [-0.2, -0.15) is 0 Å². The Morgan fingerprint density at radius 3 is 2.54 bits per heavy atom. The van der Waals surface area contributed by atoms with Gasteiger partial charge in [-0.1, -0.05) is 48.5 Å². The summed E-state index contributed by atoms with van der Waals surface area (Å²) in [4.78, 5) is 19.7. The van der Waals surface area contributed by atoms with Gasteiger partial charge in [-0.25, -0.2) is 4.98 Å². The van der Waals surface area contributed by atoms with Gasteiger partial charge >= 0.3 is 0 Å². The fourth-order valence-electron chi connectivity index (χ4n) is 3.17. The third-order valence-corrected chi connectivity index (χ3v) is 4.43. The quantitative estimate of drug-likeness (QED) is 0.808. The molecular formula is C20H19N3O. The Morgan fingerprint density at radius 1 is 1.08 bits per heavy atom. The smallest absolute Gasteiger partial charge is 0.252 e. The lowest BCUT2D eigenvalue weighted by Gasteiger charge is -2.36. The van der Waals surface area contributed by atoms with Gasteiger partial charge in [0.2, 0.25) is 0 Å². The number of aromatic nitrogens is 1. The number of nitrogens with one attached hydrogen (secondary N) is 1. The van der Waals surface area contributed by atoms with Crippen molar-refractivity contribution in [2.24, 2.45) is 0 Å². The molecule has 4 rings (SSSR count). The first-order valence-corrected chi connectivity index (χ1v) is 8.15. The normalized spacial score (nSPS) is 15.2. The molecule has 2 heterocycles. The summed E-state index contributed by atoms with van der Waals surface area (Å²) in [6, 6.07) is 19.9. The van der Waals surface area contributed by atoms with E-state index in [4.69, 9.17) is 4.98 Å². The lowest BCUT2D eigenvalue weighted by Crippen LogP contribution is -2.57. The van der Waals surface area contributed by atoms with E-state index in [1.807, 2.05) is 60.7 Å². The molecule has 1 aromatic heterocycles. The Labute approximate surface area is 141 Å². The zero-order valence-corrected chi connectivity index (χ0v) is 13.6. The second kappa shape index (κ2) is 6.06. The molecule has 1 fully saturated rings. The molecule has 0 spiro atoms. The summed E-state index contributed by atoms with van der Waals surface area (Å²) in [7, 11) is 2.05. The van der Waals surface area contributed by atoms with Crippen molar-refractivity contribution in [2.75, 3.05) is 20.1 Å². The fraction of sp³-hybridized carbons (Fsp3) is 0.200. The van der Waals surface area contributed by atoms with Crippen molar-refractivity contribution in [3.8, 4) is 11.3 Å². The van der Waals surface area contributed by atoms with Crippen molar-refractivity contribution < 1.29 is 4.79 Å². The van der Waals surface area contributed by atoms with Crippen LogP contribution in [-0.2, 0) is 0 Å². The van der Waals surface area contributed by atoms with Crippen molar-refractivity contribution in [3.63, 3.8) is 0 Å². The summed E-state index contributed by atoms with van der Waals surface area (Å²) in [5.41, 5.74) is 3.37. The zero-order chi connectivity index (χ0) is 16.5. The highest BCUT2D eigenvalue weighted by atomic mass is 16.1. The van der Waals surface area contributed by atoms with Gasteiger partial charge in [0.05, 0.1) is 22.8 Å². The maximum Gasteiger partial charge on any atom is 0.252 e. The number of hydrogen-bond acceptors (Lipinski definition) is 3. The van der Waals surface area contributed by atoms with Crippen LogP contribution in [0.1, 0.15) is 10.4 Å². The molecule has 1 aliphatic rings. The predicted molar refractivity (Wildman–Crippen MR) is 95.9 cm³/mol. The molecule has 120 valence electrons. The van der Waals surface area contributed by atoms with E-state index in [1.165, 1.54) is 0 Å². The van der Waals surface area contributed by atoms with Crippen LogP contribution in [0.4, 0.5) is 0 Å². The molecule has 0 saturated carbocycles. The van der Waals surface area contributed by atoms with Gasteiger partial charge in [0.15, 0.2) is 0 Å². The number of pyridine rings is 1. The Morgan fingerprint density at radius 2 is 1.79 bits per heavy atom. The Hall–Kier alpha value is -2.72. The maximum absolute atomic E-state index is 12.8. The number of carbonyl (C=O) groups excluding carboxylic acids is 1. The summed E-state index contributed by atoms with van der Waals surface area (Å²) in [6.07, 6.45) is 0. The molecule has 0 atom stereocenters. The van der Waals surface area contributed by atoms with Crippen molar-refractivity contribution in [2.45, 2.75) is 6.04 Å². The van der Waals surface area contributed by atoms with Crippen molar-refractivity contribution in [1.82, 2.24) is 15.2 Å². The van der Waals surface area contributed by atoms with E-state index in [9.17, 15) is 4.79 Å². The molecule has 4 nitrogen and oxygen atoms in total. The first-order valence-electron chi connectivity index (χ1n) is 8.15. The lowest BCUT2D eigenvalue weighted by atomic mass is 10.0. The predicted octanol–water partition coefficient (Wildman–Crippen LogP) is 2.95. The van der Waals surface area contributed by atoms with Crippen LogP contribution < -0.4 is 5.32 Å². The van der Waals surface area contributed by atoms with Crippen molar-refractivity contribution in [1.29, 1.82) is 0 Å². The van der Waals surface area contributed by atoms with Crippen LogP contribution in [0.5, 0.6) is 0 Å². The lowest BCUT2D eigenvalue weighted by molar-refractivity contribution is 0.0859. The number of fused-ring (bicyclic) bond motifs is 1. The van der Waals surface area contributed by atoms with Crippen LogP contribution in [0.25, 0.3) is 22.2 Å². The van der Waals surface area contributed by atoms with Gasteiger partial charge in [0.25, 0.3) is 5.91 Å². The second-order valence-corrected chi connectivity index (χ2v) is 6.33. The fourth-order valence-corrected chi connectivity index (χ4v) is 3.17. The van der Waals surface area contributed by atoms with Crippen molar-refractivity contribution in [3.05, 3.63) is 66.2 Å². The van der Waals surface area contributed by atoms with Gasteiger partial charge in [-0.15, -0.1) is 0 Å². The number of rotatable bonds is 3. The Bertz CT molecular complexity index is 886. The molecule has 0 aliphatic carbocycles. The molecule has 0 radical (unpaired) electrons. The van der Waals surface area contributed by atoms with Crippen LogP contribution in [0.3, 0.4) is 0 Å². The number of para-hydroxylation sites is 1. The van der Waals surface area contributed by atoms with Crippen molar-refractivity contribution >= 4 is 16.8 Å². The molecule has 2 aromatic carbocycles. The molecule has 1 aliphatic heterocycles. The average molecular weight is 317 g/mol. The van der Waals surface area contributed by atoms with Gasteiger partial charge in [0, 0.05) is 24.0 Å². The highest BCUT2D eigenvalue weighted by Crippen LogP contribution is 2.25. The Kier molecular flexibility index (Phi) is 3.75. The highest BCUT2D eigenvalue weighted by Gasteiger charge is 2.25. The minimum absolute atomic E-state index is 0.0242. The Balaban J connectivity index is 1.76. The zero-order valence-electron chi connectivity index (χ0n) is 13.6. The largest absolute Gasteiger partial charge is 0.347 e. The number of likely N-dealkylation sites (N-methyl/N-ethyl adjacent to an activating group) is 1. The molecule has 0 unspecified atom stereocenters. The maximum atomic E-state index is 12.8. The van der Waals surface area contributed by atoms with Crippen LogP contribution >= 0.6 is 0 Å². The number of nitrogens with zero attached hydrogens (tertiary/aromatic N) is 2. The second-order valence-electron chi connectivity index (χ2n) is 6.33. The molecular weight excluding hydrogens is 298 g/mol. The monoisotopic (exact) mass is 317 g/mol. The first-order chi connectivity index (χ1) is 11.7. The molecule has 1 saturated heterocycles. The van der Waals surface area contributed by atoms with Crippen LogP contribution in [0.2, 0.25) is 0 Å². The minimum Gasteiger partial charge on any atom is -0.347 e. The summed E-state index contributed by atoms with van der Waals surface area (Å²) >= 11 is 0. The van der Waals surface area contributed by atoms with E-state index in [0.29, 0.717) is 5.56 Å². The number of amides is 1. The first kappa shape index (κ1) is 14.8. The molecule has 1 N–H and O–H groups in total. The van der Waals surface area contributed by atoms with Crippen LogP contribution in [-0.4, -0.2) is 42.0 Å². The summed E-state index contributed by atoms with van der Waals surface area (Å²) in [5.74, 6) is -0.0242. The number of likely N-dealkylation sites (tertiary alicyclic amines) is 1. The minimum atomic E-state index is -0.0242. The van der Waals surface area contributed by atoms with E-state index in [-0.39, 0.29) is 11.9 Å². The van der Waals surface area contributed by atoms with Crippen LogP contribution in [0, 0.1) is 0 Å². The number of hydrogen-bond donors (Lipinski definition) is 1. The van der Waals surface area contributed by atoms with E-state index >= 15 is 0 Å². The van der Waals surface area contributed by atoms with E-state index in [1.54, 1.807) is 0 Å². The molecule has 1 amide bonds. The highest BCUT2D eigenvalue weighted by molar-refractivity contribution is 6.07. The SMILES string of the molecule is CN1CC(NC(=O)c2cc(-c3ccccc3)nc3ccccc23)C1. The van der Waals surface area contributed by atoms with E-state index in [2.05, 4.69) is 17.3 Å². The van der Waals surface area contributed by atoms with Gasteiger partial charge in [0.1, 0.15) is 0 Å². The van der Waals surface area contributed by atoms with Gasteiger partial charge in [-0.05, 0) is 19.2 Å². The molecule has 0 bridgehead atoms. The molecule has 4 heteroatoms. The summed E-state index contributed by atoms with van der Waals surface area (Å²) in [5, 5.41) is 4.02. The van der Waals surface area contributed by atoms with Crippen LogP contribution in [0.15, 0.2) is 60.7 Å². The third-order valence-electron chi connectivity index (χ3n) is 4.43. The topological polar surface area (TPSA) is 45.2 Å². The standard InChI is InChI=1S/C20H19N3O/c1-23-12-15(13-23)21-20(24)17-11-19(14-7-3-2-4-8-14)22-18-10-6-5-9-16(17)18/h2-11,15H,12-13H2,1H3,(H,21,24). The number of benzene rings is 2. The molecule has 3 aromatic rings. The third kappa shape index (κ3) is 2.76. The van der Waals surface area contributed by atoms with Gasteiger partial charge in [-0.3, -0.25) is 4.79 Å². The molecule has 24 heavy (non-hydrogen) atoms. The average Bonchev–Trinajstić information content (AvgIpc) is 2.60. The summed E-state index contributed by atoms with van der Waals surface area (Å²) in [6.45, 7) is 1.81. The summed E-state index contributed by atoms with van der Waals surface area (Å²) < 4.78 is 0.